The smallest absolute Gasteiger partial charge is 0.262 e. The molecule has 1 N–H and O–H groups in total. The Kier molecular flexibility index (Phi) is 3.33. The number of carbonyl (C=O) groups excluding carboxylic acids is 1. The molecule has 2 aromatic heterocycles. The van der Waals surface area contributed by atoms with E-state index in [9.17, 15) is 4.79 Å². The van der Waals surface area contributed by atoms with Gasteiger partial charge in [0.1, 0.15) is 5.54 Å². The number of rotatable bonds is 4. The normalized spacial score (nSPS) is 15.9. The number of carbonyl (C=O) groups is 1. The molecule has 0 aliphatic heterocycles. The first kappa shape index (κ1) is 13.3. The van der Waals surface area contributed by atoms with Crippen molar-refractivity contribution in [1.29, 1.82) is 0 Å². The fourth-order valence-corrected chi connectivity index (χ4v) is 2.75. The topological polar surface area (TPSA) is 68.0 Å². The van der Waals surface area contributed by atoms with E-state index in [4.69, 9.17) is 4.52 Å². The SMILES string of the molecule is CC(C)(NC(=O)c1cccs1)c1nc(C2CCC2)no1. The molecule has 106 valence electrons. The van der Waals surface area contributed by atoms with Crippen LogP contribution in [0.25, 0.3) is 0 Å². The lowest BCUT2D eigenvalue weighted by molar-refractivity contribution is 0.0899. The van der Waals surface area contributed by atoms with E-state index in [-0.39, 0.29) is 5.91 Å². The maximum absolute atomic E-state index is 12.1. The Morgan fingerprint density at radius 2 is 2.30 bits per heavy atom. The van der Waals surface area contributed by atoms with Gasteiger partial charge in [0.2, 0.25) is 0 Å². The second kappa shape index (κ2) is 5.01. The standard InChI is InChI=1S/C14H17N3O2S/c1-14(2,16-12(18)10-7-4-8-20-10)13-15-11(17-19-13)9-5-3-6-9/h4,7-9H,3,5-6H2,1-2H3,(H,16,18). The molecule has 1 aliphatic rings. The van der Waals surface area contributed by atoms with E-state index in [0.29, 0.717) is 16.7 Å². The van der Waals surface area contributed by atoms with Crippen LogP contribution in [0.1, 0.15) is 60.4 Å². The maximum atomic E-state index is 12.1. The van der Waals surface area contributed by atoms with Crippen molar-refractivity contribution in [1.82, 2.24) is 15.5 Å². The Morgan fingerprint density at radius 1 is 1.50 bits per heavy atom. The molecular formula is C14H17N3O2S. The number of nitrogens with one attached hydrogen (secondary N) is 1. The molecule has 0 saturated heterocycles. The van der Waals surface area contributed by atoms with Gasteiger partial charge in [-0.25, -0.2) is 0 Å². The monoisotopic (exact) mass is 291 g/mol. The van der Waals surface area contributed by atoms with Crippen molar-refractivity contribution in [2.24, 2.45) is 0 Å². The second-order valence-corrected chi connectivity index (χ2v) is 6.59. The van der Waals surface area contributed by atoms with Gasteiger partial charge in [-0.05, 0) is 38.1 Å². The largest absolute Gasteiger partial charge is 0.337 e. The molecule has 3 rings (SSSR count). The van der Waals surface area contributed by atoms with Crippen LogP contribution >= 0.6 is 11.3 Å². The molecule has 2 heterocycles. The number of nitrogens with zero attached hydrogens (tertiary/aromatic N) is 2. The third-order valence-electron chi connectivity index (χ3n) is 3.62. The summed E-state index contributed by atoms with van der Waals surface area (Å²) in [6.45, 7) is 3.74. The highest BCUT2D eigenvalue weighted by Crippen LogP contribution is 2.35. The van der Waals surface area contributed by atoms with E-state index >= 15 is 0 Å². The Morgan fingerprint density at radius 3 is 2.90 bits per heavy atom. The highest BCUT2D eigenvalue weighted by Gasteiger charge is 2.32. The lowest BCUT2D eigenvalue weighted by atomic mass is 9.85. The fourth-order valence-electron chi connectivity index (χ4n) is 2.13. The molecular weight excluding hydrogens is 274 g/mol. The quantitative estimate of drug-likeness (QED) is 0.940. The van der Waals surface area contributed by atoms with Crippen LogP contribution in [-0.4, -0.2) is 16.0 Å². The number of thiophene rings is 1. The van der Waals surface area contributed by atoms with Gasteiger partial charge >= 0.3 is 0 Å². The van der Waals surface area contributed by atoms with Gasteiger partial charge in [-0.1, -0.05) is 17.6 Å². The highest BCUT2D eigenvalue weighted by molar-refractivity contribution is 7.12. The van der Waals surface area contributed by atoms with Gasteiger partial charge < -0.3 is 9.84 Å². The zero-order valence-corrected chi connectivity index (χ0v) is 12.4. The molecule has 20 heavy (non-hydrogen) atoms. The van der Waals surface area contributed by atoms with Gasteiger partial charge in [-0.3, -0.25) is 4.79 Å². The van der Waals surface area contributed by atoms with Crippen LogP contribution in [0.5, 0.6) is 0 Å². The Bertz CT molecular complexity index is 600. The van der Waals surface area contributed by atoms with Gasteiger partial charge in [0.25, 0.3) is 11.8 Å². The Balaban J connectivity index is 1.73. The van der Waals surface area contributed by atoms with E-state index in [1.54, 1.807) is 6.07 Å². The summed E-state index contributed by atoms with van der Waals surface area (Å²) in [7, 11) is 0. The van der Waals surface area contributed by atoms with Crippen molar-refractivity contribution in [2.45, 2.75) is 44.6 Å². The van der Waals surface area contributed by atoms with Gasteiger partial charge in [-0.2, -0.15) is 4.98 Å². The van der Waals surface area contributed by atoms with E-state index in [1.807, 2.05) is 25.3 Å². The summed E-state index contributed by atoms with van der Waals surface area (Å²) in [5, 5.41) is 8.86. The average Bonchev–Trinajstić information content (AvgIpc) is 2.96. The third-order valence-corrected chi connectivity index (χ3v) is 4.49. The van der Waals surface area contributed by atoms with Crippen LogP contribution in [0.4, 0.5) is 0 Å². The van der Waals surface area contributed by atoms with Crippen molar-refractivity contribution < 1.29 is 9.32 Å². The molecule has 0 unspecified atom stereocenters. The predicted molar refractivity (Wildman–Crippen MR) is 75.7 cm³/mol. The number of aromatic nitrogens is 2. The van der Waals surface area contributed by atoms with Crippen LogP contribution in [0.15, 0.2) is 22.0 Å². The molecule has 6 heteroatoms. The first-order chi connectivity index (χ1) is 9.56. The minimum Gasteiger partial charge on any atom is -0.337 e. The number of hydrogen-bond acceptors (Lipinski definition) is 5. The molecule has 0 bridgehead atoms. The van der Waals surface area contributed by atoms with Gasteiger partial charge in [0.05, 0.1) is 4.88 Å². The molecule has 0 spiro atoms. The first-order valence-electron chi connectivity index (χ1n) is 6.76. The van der Waals surface area contributed by atoms with Gasteiger partial charge in [0, 0.05) is 5.92 Å². The summed E-state index contributed by atoms with van der Waals surface area (Å²) in [5.41, 5.74) is -0.671. The zero-order chi connectivity index (χ0) is 14.2. The summed E-state index contributed by atoms with van der Waals surface area (Å²) < 4.78 is 5.33. The Labute approximate surface area is 121 Å². The van der Waals surface area contributed by atoms with Crippen LogP contribution < -0.4 is 5.32 Å². The van der Waals surface area contributed by atoms with Crippen molar-refractivity contribution in [3.05, 3.63) is 34.1 Å². The van der Waals surface area contributed by atoms with Gasteiger partial charge in [0.15, 0.2) is 5.82 Å². The van der Waals surface area contributed by atoms with E-state index in [1.165, 1.54) is 17.8 Å². The average molecular weight is 291 g/mol. The lowest BCUT2D eigenvalue weighted by Crippen LogP contribution is -2.41. The summed E-state index contributed by atoms with van der Waals surface area (Å²) >= 11 is 1.41. The number of amides is 1. The zero-order valence-electron chi connectivity index (χ0n) is 11.5. The van der Waals surface area contributed by atoms with Crippen molar-refractivity contribution in [3.63, 3.8) is 0 Å². The first-order valence-corrected chi connectivity index (χ1v) is 7.64. The molecule has 1 aliphatic carbocycles. The van der Waals surface area contributed by atoms with Crippen LogP contribution in [-0.2, 0) is 5.54 Å². The van der Waals surface area contributed by atoms with Crippen molar-refractivity contribution in [3.8, 4) is 0 Å². The van der Waals surface area contributed by atoms with E-state index < -0.39 is 5.54 Å². The predicted octanol–water partition coefficient (Wildman–Crippen LogP) is 3.06. The Hall–Kier alpha value is -1.69. The summed E-state index contributed by atoms with van der Waals surface area (Å²) in [6.07, 6.45) is 3.48. The minimum atomic E-state index is -0.671. The van der Waals surface area contributed by atoms with Crippen LogP contribution in [0, 0.1) is 0 Å². The summed E-state index contributed by atoms with van der Waals surface area (Å²) in [5.74, 6) is 1.54. The minimum absolute atomic E-state index is 0.117. The van der Waals surface area contributed by atoms with Crippen LogP contribution in [0.2, 0.25) is 0 Å². The van der Waals surface area contributed by atoms with Crippen molar-refractivity contribution in [2.75, 3.05) is 0 Å². The fraction of sp³-hybridized carbons (Fsp3) is 0.500. The molecule has 1 amide bonds. The third kappa shape index (κ3) is 2.47. The van der Waals surface area contributed by atoms with Crippen molar-refractivity contribution >= 4 is 17.2 Å². The summed E-state index contributed by atoms with van der Waals surface area (Å²) in [6, 6.07) is 3.65. The molecule has 2 aromatic rings. The molecule has 5 nitrogen and oxygen atoms in total. The van der Waals surface area contributed by atoms with Crippen LogP contribution in [0.3, 0.4) is 0 Å². The summed E-state index contributed by atoms with van der Waals surface area (Å²) in [4.78, 5) is 17.2. The maximum Gasteiger partial charge on any atom is 0.262 e. The number of hydrogen-bond donors (Lipinski definition) is 1. The molecule has 0 radical (unpaired) electrons. The molecule has 0 atom stereocenters. The molecule has 0 aromatic carbocycles. The second-order valence-electron chi connectivity index (χ2n) is 5.64. The van der Waals surface area contributed by atoms with Gasteiger partial charge in [-0.15, -0.1) is 11.3 Å². The molecule has 1 saturated carbocycles. The highest BCUT2D eigenvalue weighted by atomic mass is 32.1. The van der Waals surface area contributed by atoms with E-state index in [0.717, 1.165) is 18.7 Å². The van der Waals surface area contributed by atoms with E-state index in [2.05, 4.69) is 15.5 Å². The lowest BCUT2D eigenvalue weighted by Gasteiger charge is -2.22. The molecule has 1 fully saturated rings.